The van der Waals surface area contributed by atoms with E-state index in [0.29, 0.717) is 6.54 Å². The zero-order valence-corrected chi connectivity index (χ0v) is 12.4. The second-order valence-corrected chi connectivity index (χ2v) is 5.77. The highest BCUT2D eigenvalue weighted by Gasteiger charge is 2.36. The summed E-state index contributed by atoms with van der Waals surface area (Å²) in [6, 6.07) is 3.71. The van der Waals surface area contributed by atoms with E-state index < -0.39 is 23.6 Å². The molecule has 1 heterocycles. The fourth-order valence-corrected chi connectivity index (χ4v) is 3.06. The molecule has 0 aliphatic rings. The zero-order valence-electron chi connectivity index (χ0n) is 11.6. The van der Waals surface area contributed by atoms with Crippen molar-refractivity contribution in [1.82, 2.24) is 5.32 Å². The third-order valence-corrected chi connectivity index (χ3v) is 4.11. The van der Waals surface area contributed by atoms with Crippen molar-refractivity contribution in [3.63, 3.8) is 0 Å². The van der Waals surface area contributed by atoms with Crippen LogP contribution in [0.5, 0.6) is 0 Å². The Morgan fingerprint density at radius 2 is 1.90 bits per heavy atom. The van der Waals surface area contributed by atoms with Crippen LogP contribution < -0.4 is 5.32 Å². The van der Waals surface area contributed by atoms with Crippen LogP contribution in [0.3, 0.4) is 0 Å². The molecule has 1 N–H and O–H groups in total. The van der Waals surface area contributed by atoms with Gasteiger partial charge in [-0.2, -0.15) is 13.2 Å². The third-order valence-electron chi connectivity index (χ3n) is 3.25. The first-order valence-electron chi connectivity index (χ1n) is 6.48. The van der Waals surface area contributed by atoms with Gasteiger partial charge in [0.2, 0.25) is 0 Å². The van der Waals surface area contributed by atoms with E-state index in [1.165, 1.54) is 11.3 Å². The summed E-state index contributed by atoms with van der Waals surface area (Å²) >= 11 is 1.46. The molecule has 6 heteroatoms. The molecule has 1 aromatic carbocycles. The van der Waals surface area contributed by atoms with Gasteiger partial charge in [0, 0.05) is 4.88 Å². The second-order valence-electron chi connectivity index (χ2n) is 4.65. The minimum atomic E-state index is -4.51. The zero-order chi connectivity index (χ0) is 15.6. The molecule has 114 valence electrons. The van der Waals surface area contributed by atoms with Crippen LogP contribution in [-0.4, -0.2) is 6.54 Å². The molecule has 1 aromatic heterocycles. The van der Waals surface area contributed by atoms with Crippen LogP contribution in [0, 0.1) is 12.7 Å². The molecule has 0 bridgehead atoms. The Hall–Kier alpha value is -1.40. The Kier molecular flexibility index (Phi) is 4.68. The molecule has 21 heavy (non-hydrogen) atoms. The maximum atomic E-state index is 13.5. The van der Waals surface area contributed by atoms with Crippen LogP contribution in [0.4, 0.5) is 17.6 Å². The van der Waals surface area contributed by atoms with E-state index in [1.807, 2.05) is 12.3 Å². The molecular weight excluding hydrogens is 302 g/mol. The van der Waals surface area contributed by atoms with Crippen molar-refractivity contribution in [2.75, 3.05) is 6.54 Å². The third kappa shape index (κ3) is 3.44. The van der Waals surface area contributed by atoms with Gasteiger partial charge in [0.25, 0.3) is 0 Å². The van der Waals surface area contributed by atoms with Gasteiger partial charge in [0.15, 0.2) is 0 Å². The van der Waals surface area contributed by atoms with Crippen molar-refractivity contribution in [3.05, 3.63) is 57.0 Å². The molecule has 0 aliphatic carbocycles. The number of hydrogen-bond donors (Lipinski definition) is 1. The Morgan fingerprint density at radius 1 is 1.19 bits per heavy atom. The lowest BCUT2D eigenvalue weighted by atomic mass is 9.94. The number of halogens is 4. The van der Waals surface area contributed by atoms with E-state index in [-0.39, 0.29) is 5.56 Å². The molecule has 0 aliphatic heterocycles. The summed E-state index contributed by atoms with van der Waals surface area (Å²) < 4.78 is 53.0. The predicted molar refractivity (Wildman–Crippen MR) is 76.0 cm³/mol. The number of alkyl halides is 3. The van der Waals surface area contributed by atoms with E-state index >= 15 is 0 Å². The first kappa shape index (κ1) is 16.0. The minimum absolute atomic E-state index is 0.0779. The predicted octanol–water partition coefficient (Wildman–Crippen LogP) is 4.91. The molecule has 0 fully saturated rings. The summed E-state index contributed by atoms with van der Waals surface area (Å²) in [6.45, 7) is 4.13. The van der Waals surface area contributed by atoms with Gasteiger partial charge in [-0.05, 0) is 54.2 Å². The standard InChI is InChI=1S/C15H15F4NS/c1-3-20-14(11-6-7-21-9(11)2)12-8-10(16)4-5-13(12)15(17,18)19/h4-8,14,20H,3H2,1-2H3. The van der Waals surface area contributed by atoms with E-state index in [0.717, 1.165) is 28.6 Å². The number of rotatable bonds is 4. The maximum absolute atomic E-state index is 13.5. The molecule has 1 nitrogen and oxygen atoms in total. The lowest BCUT2D eigenvalue weighted by Crippen LogP contribution is -2.25. The van der Waals surface area contributed by atoms with Crippen LogP contribution in [0.15, 0.2) is 29.6 Å². The van der Waals surface area contributed by atoms with Gasteiger partial charge in [0.05, 0.1) is 11.6 Å². The Morgan fingerprint density at radius 3 is 2.43 bits per heavy atom. The number of thiophene rings is 1. The highest BCUT2D eigenvalue weighted by molar-refractivity contribution is 7.10. The number of hydrogen-bond acceptors (Lipinski definition) is 2. The van der Waals surface area contributed by atoms with E-state index in [1.54, 1.807) is 13.0 Å². The fourth-order valence-electron chi connectivity index (χ4n) is 2.32. The summed E-state index contributed by atoms with van der Waals surface area (Å²) in [5.74, 6) is -0.672. The Balaban J connectivity index is 2.60. The molecule has 0 saturated carbocycles. The van der Waals surface area contributed by atoms with Gasteiger partial charge >= 0.3 is 6.18 Å². The molecular formula is C15H15F4NS. The first-order chi connectivity index (χ1) is 9.84. The lowest BCUT2D eigenvalue weighted by molar-refractivity contribution is -0.138. The van der Waals surface area contributed by atoms with Gasteiger partial charge in [-0.15, -0.1) is 11.3 Å². The quantitative estimate of drug-likeness (QED) is 0.790. The van der Waals surface area contributed by atoms with Crippen molar-refractivity contribution < 1.29 is 17.6 Å². The number of aryl methyl sites for hydroxylation is 1. The summed E-state index contributed by atoms with van der Waals surface area (Å²) in [7, 11) is 0. The first-order valence-corrected chi connectivity index (χ1v) is 7.36. The summed E-state index contributed by atoms with van der Waals surface area (Å²) in [6.07, 6.45) is -4.51. The molecule has 0 saturated heterocycles. The van der Waals surface area contributed by atoms with E-state index in [2.05, 4.69) is 5.32 Å². The highest BCUT2D eigenvalue weighted by Crippen LogP contribution is 2.38. The van der Waals surface area contributed by atoms with Crippen molar-refractivity contribution in [2.45, 2.75) is 26.1 Å². The van der Waals surface area contributed by atoms with Gasteiger partial charge in [-0.3, -0.25) is 0 Å². The minimum Gasteiger partial charge on any atom is -0.306 e. The molecule has 0 spiro atoms. The van der Waals surface area contributed by atoms with Crippen molar-refractivity contribution in [2.24, 2.45) is 0 Å². The van der Waals surface area contributed by atoms with E-state index in [9.17, 15) is 17.6 Å². The lowest BCUT2D eigenvalue weighted by Gasteiger charge is -2.23. The summed E-state index contributed by atoms with van der Waals surface area (Å²) in [5, 5.41) is 4.84. The van der Waals surface area contributed by atoms with Gasteiger partial charge in [-0.1, -0.05) is 6.92 Å². The van der Waals surface area contributed by atoms with Crippen molar-refractivity contribution in [1.29, 1.82) is 0 Å². The molecule has 2 rings (SSSR count). The van der Waals surface area contributed by atoms with Crippen LogP contribution in [-0.2, 0) is 6.18 Å². The molecule has 1 atom stereocenters. The second kappa shape index (κ2) is 6.15. The Bertz CT molecular complexity index is 618. The molecule has 0 radical (unpaired) electrons. The maximum Gasteiger partial charge on any atom is 0.416 e. The summed E-state index contributed by atoms with van der Waals surface area (Å²) in [5.41, 5.74) is -0.135. The highest BCUT2D eigenvalue weighted by atomic mass is 32.1. The smallest absolute Gasteiger partial charge is 0.306 e. The van der Waals surface area contributed by atoms with Gasteiger partial charge in [-0.25, -0.2) is 4.39 Å². The average molecular weight is 317 g/mol. The van der Waals surface area contributed by atoms with Crippen molar-refractivity contribution in [3.8, 4) is 0 Å². The van der Waals surface area contributed by atoms with Gasteiger partial charge in [0.1, 0.15) is 5.82 Å². The molecule has 2 aromatic rings. The van der Waals surface area contributed by atoms with Crippen LogP contribution in [0.25, 0.3) is 0 Å². The SMILES string of the molecule is CCNC(c1cc(F)ccc1C(F)(F)F)c1ccsc1C. The largest absolute Gasteiger partial charge is 0.416 e. The number of benzene rings is 1. The Labute approximate surface area is 124 Å². The topological polar surface area (TPSA) is 12.0 Å². The normalized spacial score (nSPS) is 13.4. The van der Waals surface area contributed by atoms with Crippen LogP contribution in [0.1, 0.15) is 34.5 Å². The van der Waals surface area contributed by atoms with Crippen molar-refractivity contribution >= 4 is 11.3 Å². The fraction of sp³-hybridized carbons (Fsp3) is 0.333. The molecule has 1 unspecified atom stereocenters. The summed E-state index contributed by atoms with van der Waals surface area (Å²) in [4.78, 5) is 0.915. The number of nitrogens with one attached hydrogen (secondary N) is 1. The molecule has 0 amide bonds. The van der Waals surface area contributed by atoms with Crippen LogP contribution in [0.2, 0.25) is 0 Å². The van der Waals surface area contributed by atoms with Gasteiger partial charge < -0.3 is 5.32 Å². The van der Waals surface area contributed by atoms with Crippen LogP contribution >= 0.6 is 11.3 Å². The van der Waals surface area contributed by atoms with E-state index in [4.69, 9.17) is 0 Å². The average Bonchev–Trinajstić information content (AvgIpc) is 2.80. The monoisotopic (exact) mass is 317 g/mol.